The molecule has 276 valence electrons. The number of aryl methyl sites for hydroxylation is 1. The van der Waals surface area contributed by atoms with Crippen LogP contribution in [0.4, 0.5) is 16.3 Å². The van der Waals surface area contributed by atoms with Crippen LogP contribution in [0.5, 0.6) is 17.2 Å². The van der Waals surface area contributed by atoms with Crippen molar-refractivity contribution in [1.82, 2.24) is 19.8 Å². The first-order valence-electron chi connectivity index (χ1n) is 17.3. The standard InChI is InChI=1S/C40H49N5O7/c1-40(2,3)52-39(47)44-19-17-43(18-20-44)25-29-9-8-10-31(21-29)45(26-33-35(49-5)22-32(48-4)23-36(33)50-6)37-24-34(41-27-42-37)30-14-11-28(12-15-30)13-16-38(46)51-7/h8-12,14-15,21-24,27H,13,16-20,25-26H2,1-7H3. The second kappa shape index (κ2) is 17.2. The van der Waals surface area contributed by atoms with Crippen molar-refractivity contribution in [3.05, 3.63) is 89.7 Å². The summed E-state index contributed by atoms with van der Waals surface area (Å²) in [4.78, 5) is 39.9. The van der Waals surface area contributed by atoms with Gasteiger partial charge in [-0.25, -0.2) is 14.8 Å². The first-order valence-corrected chi connectivity index (χ1v) is 17.3. The van der Waals surface area contributed by atoms with Crippen LogP contribution in [0.2, 0.25) is 0 Å². The molecule has 4 aromatic rings. The van der Waals surface area contributed by atoms with Crippen LogP contribution in [0, 0.1) is 0 Å². The number of ether oxygens (including phenoxy) is 5. The second-order valence-corrected chi connectivity index (χ2v) is 13.5. The lowest BCUT2D eigenvalue weighted by atomic mass is 10.1. The number of rotatable bonds is 13. The molecule has 0 saturated carbocycles. The van der Waals surface area contributed by atoms with E-state index in [9.17, 15) is 9.59 Å². The van der Waals surface area contributed by atoms with E-state index in [-0.39, 0.29) is 12.1 Å². The fourth-order valence-electron chi connectivity index (χ4n) is 6.04. The van der Waals surface area contributed by atoms with Crippen LogP contribution < -0.4 is 19.1 Å². The SMILES string of the molecule is COC(=O)CCc1ccc(-c2cc(N(Cc3c(OC)cc(OC)cc3OC)c3cccc(CN4CCN(C(=O)OC(C)(C)C)CC4)c3)ncn2)cc1. The van der Waals surface area contributed by atoms with Crippen LogP contribution in [0.1, 0.15) is 43.9 Å². The van der Waals surface area contributed by atoms with Crippen LogP contribution >= 0.6 is 0 Å². The third kappa shape index (κ3) is 9.91. The third-order valence-corrected chi connectivity index (χ3v) is 8.81. The second-order valence-electron chi connectivity index (χ2n) is 13.5. The molecular formula is C40H49N5O7. The number of carbonyl (C=O) groups is 2. The zero-order chi connectivity index (χ0) is 37.3. The molecule has 1 amide bonds. The van der Waals surface area contributed by atoms with E-state index in [0.717, 1.165) is 53.3 Å². The highest BCUT2D eigenvalue weighted by atomic mass is 16.6. The van der Waals surface area contributed by atoms with Gasteiger partial charge in [0.2, 0.25) is 0 Å². The lowest BCUT2D eigenvalue weighted by Crippen LogP contribution is -2.49. The van der Waals surface area contributed by atoms with E-state index in [1.807, 2.05) is 69.3 Å². The summed E-state index contributed by atoms with van der Waals surface area (Å²) in [6.45, 7) is 9.43. The number of anilines is 2. The summed E-state index contributed by atoms with van der Waals surface area (Å²) in [5, 5.41) is 0. The number of hydrogen-bond donors (Lipinski definition) is 0. The molecule has 0 aliphatic carbocycles. The summed E-state index contributed by atoms with van der Waals surface area (Å²) in [7, 11) is 6.26. The van der Waals surface area contributed by atoms with Crippen LogP contribution in [0.25, 0.3) is 11.3 Å². The number of amides is 1. The van der Waals surface area contributed by atoms with Crippen molar-refractivity contribution in [2.75, 3.05) is 59.5 Å². The van der Waals surface area contributed by atoms with Gasteiger partial charge in [0, 0.05) is 68.6 Å². The highest BCUT2D eigenvalue weighted by Gasteiger charge is 2.26. The predicted octanol–water partition coefficient (Wildman–Crippen LogP) is 6.67. The van der Waals surface area contributed by atoms with Gasteiger partial charge in [0.1, 0.15) is 35.0 Å². The van der Waals surface area contributed by atoms with E-state index in [4.69, 9.17) is 28.7 Å². The molecule has 0 bridgehead atoms. The first kappa shape index (κ1) is 37.9. The van der Waals surface area contributed by atoms with Gasteiger partial charge in [-0.05, 0) is 50.5 Å². The van der Waals surface area contributed by atoms with Gasteiger partial charge in [0.15, 0.2) is 0 Å². The van der Waals surface area contributed by atoms with Gasteiger partial charge in [0.25, 0.3) is 0 Å². The van der Waals surface area contributed by atoms with Crippen LogP contribution in [-0.2, 0) is 33.8 Å². The monoisotopic (exact) mass is 711 g/mol. The molecule has 0 unspecified atom stereocenters. The van der Waals surface area contributed by atoms with Gasteiger partial charge < -0.3 is 33.5 Å². The number of aromatic nitrogens is 2. The Morgan fingerprint density at radius 3 is 2.12 bits per heavy atom. The summed E-state index contributed by atoms with van der Waals surface area (Å²) in [5.41, 5.74) is 5.05. The third-order valence-electron chi connectivity index (χ3n) is 8.81. The molecule has 3 aromatic carbocycles. The Morgan fingerprint density at radius 1 is 0.808 bits per heavy atom. The minimum absolute atomic E-state index is 0.237. The van der Waals surface area contributed by atoms with E-state index in [2.05, 4.69) is 33.0 Å². The molecule has 0 spiro atoms. The van der Waals surface area contributed by atoms with Gasteiger partial charge in [0.05, 0.1) is 46.2 Å². The fourth-order valence-corrected chi connectivity index (χ4v) is 6.04. The number of methoxy groups -OCH3 is 4. The van der Waals surface area contributed by atoms with E-state index < -0.39 is 5.60 Å². The normalized spacial score (nSPS) is 13.3. The van der Waals surface area contributed by atoms with Gasteiger partial charge >= 0.3 is 12.1 Å². The Labute approximate surface area is 306 Å². The molecule has 0 atom stereocenters. The zero-order valence-corrected chi connectivity index (χ0v) is 31.2. The Balaban J connectivity index is 1.44. The van der Waals surface area contributed by atoms with Gasteiger partial charge in [-0.1, -0.05) is 36.4 Å². The summed E-state index contributed by atoms with van der Waals surface area (Å²) in [5.74, 6) is 2.31. The van der Waals surface area contributed by atoms with Crippen molar-refractivity contribution in [2.24, 2.45) is 0 Å². The number of hydrogen-bond acceptors (Lipinski definition) is 11. The largest absolute Gasteiger partial charge is 0.496 e. The van der Waals surface area contributed by atoms with Crippen LogP contribution in [0.3, 0.4) is 0 Å². The topological polar surface area (TPSA) is 116 Å². The number of piperazine rings is 1. The molecule has 1 aromatic heterocycles. The lowest BCUT2D eigenvalue weighted by molar-refractivity contribution is -0.140. The number of carbonyl (C=O) groups excluding carboxylic acids is 2. The van der Waals surface area contributed by atoms with Crippen molar-refractivity contribution in [2.45, 2.75) is 52.3 Å². The number of esters is 1. The minimum atomic E-state index is -0.526. The molecule has 1 saturated heterocycles. The van der Waals surface area contributed by atoms with Gasteiger partial charge in [-0.15, -0.1) is 0 Å². The molecule has 1 aliphatic heterocycles. The lowest BCUT2D eigenvalue weighted by Gasteiger charge is -2.35. The van der Waals surface area contributed by atoms with Crippen molar-refractivity contribution < 1.29 is 33.3 Å². The minimum Gasteiger partial charge on any atom is -0.496 e. The van der Waals surface area contributed by atoms with Crippen LogP contribution in [-0.4, -0.2) is 92.0 Å². The molecule has 12 heteroatoms. The van der Waals surface area contributed by atoms with Crippen molar-refractivity contribution in [3.8, 4) is 28.5 Å². The van der Waals surface area contributed by atoms with Gasteiger partial charge in [-0.2, -0.15) is 0 Å². The maximum absolute atomic E-state index is 12.6. The molecule has 0 radical (unpaired) electrons. The maximum Gasteiger partial charge on any atom is 0.410 e. The highest BCUT2D eigenvalue weighted by molar-refractivity contribution is 5.71. The average molecular weight is 712 g/mol. The molecular weight excluding hydrogens is 662 g/mol. The quantitative estimate of drug-likeness (QED) is 0.139. The molecule has 5 rings (SSSR count). The fraction of sp³-hybridized carbons (Fsp3) is 0.400. The van der Waals surface area contributed by atoms with E-state index in [1.165, 1.54) is 7.11 Å². The molecule has 12 nitrogen and oxygen atoms in total. The predicted molar refractivity (Wildman–Crippen MR) is 199 cm³/mol. The zero-order valence-electron chi connectivity index (χ0n) is 31.2. The summed E-state index contributed by atoms with van der Waals surface area (Å²) in [6, 6.07) is 22.1. The number of nitrogens with zero attached hydrogens (tertiary/aromatic N) is 5. The highest BCUT2D eigenvalue weighted by Crippen LogP contribution is 2.38. The Morgan fingerprint density at radius 2 is 1.50 bits per heavy atom. The summed E-state index contributed by atoms with van der Waals surface area (Å²) in [6.07, 6.45) is 2.21. The average Bonchev–Trinajstić information content (AvgIpc) is 3.15. The van der Waals surface area contributed by atoms with E-state index in [0.29, 0.717) is 55.5 Å². The molecule has 1 fully saturated rings. The van der Waals surface area contributed by atoms with E-state index >= 15 is 0 Å². The molecule has 52 heavy (non-hydrogen) atoms. The van der Waals surface area contributed by atoms with E-state index in [1.54, 1.807) is 32.6 Å². The van der Waals surface area contributed by atoms with Crippen molar-refractivity contribution in [3.63, 3.8) is 0 Å². The van der Waals surface area contributed by atoms with Crippen LogP contribution in [0.15, 0.2) is 73.1 Å². The first-order chi connectivity index (χ1) is 25.0. The maximum atomic E-state index is 12.6. The Bertz CT molecular complexity index is 1790. The Kier molecular flexibility index (Phi) is 12.6. The summed E-state index contributed by atoms with van der Waals surface area (Å²) >= 11 is 0. The molecule has 0 N–H and O–H groups in total. The number of benzene rings is 3. The smallest absolute Gasteiger partial charge is 0.410 e. The molecule has 1 aliphatic rings. The van der Waals surface area contributed by atoms with Gasteiger partial charge in [-0.3, -0.25) is 9.69 Å². The summed E-state index contributed by atoms with van der Waals surface area (Å²) < 4.78 is 27.6. The van der Waals surface area contributed by atoms with Crippen molar-refractivity contribution in [1.29, 1.82) is 0 Å². The van der Waals surface area contributed by atoms with Crippen molar-refractivity contribution >= 4 is 23.6 Å². The Hall–Kier alpha value is -5.36. The molecule has 2 heterocycles.